The van der Waals surface area contributed by atoms with E-state index >= 15 is 0 Å². The number of Topliss-reactive ketones (excluding diaryl/α,β-unsaturated/α-hetero) is 1. The number of rotatable bonds is 13. The Morgan fingerprint density at radius 1 is 1.31 bits per heavy atom. The van der Waals surface area contributed by atoms with E-state index in [9.17, 15) is 19.8 Å². The number of unbranched alkanes of at least 4 members (excludes halogenated alkanes) is 1. The molecule has 188 valence electrons. The van der Waals surface area contributed by atoms with Crippen molar-refractivity contribution in [3.63, 3.8) is 0 Å². The minimum absolute atomic E-state index is 0.0383. The molecule has 0 aliphatic heterocycles. The number of allylic oxidation sites excluding steroid dienone is 2. The molecule has 1 saturated carbocycles. The minimum atomic E-state index is -0.735. The van der Waals surface area contributed by atoms with Crippen molar-refractivity contribution < 1.29 is 24.5 Å². The number of hydrogen-bond donors (Lipinski definition) is 2. The molecule has 35 heavy (non-hydrogen) atoms. The van der Waals surface area contributed by atoms with Gasteiger partial charge in [0.2, 0.25) is 0 Å². The highest BCUT2D eigenvalue weighted by Gasteiger charge is 2.39. The monoisotopic (exact) mass is 516 g/mol. The number of fused-ring (bicyclic) bond motifs is 1. The Hall–Kier alpha value is -2.25. The van der Waals surface area contributed by atoms with Crippen molar-refractivity contribution in [1.29, 1.82) is 0 Å². The zero-order chi connectivity index (χ0) is 25.2. The third kappa shape index (κ3) is 7.87. The van der Waals surface area contributed by atoms with Crippen LogP contribution in [0.4, 0.5) is 0 Å². The summed E-state index contributed by atoms with van der Waals surface area (Å²) >= 11 is 8.14. The van der Waals surface area contributed by atoms with E-state index in [1.807, 2.05) is 36.4 Å². The number of aliphatic hydroxyl groups is 2. The first kappa shape index (κ1) is 27.3. The van der Waals surface area contributed by atoms with Gasteiger partial charge in [-0.3, -0.25) is 9.59 Å². The van der Waals surface area contributed by atoms with Gasteiger partial charge in [-0.15, -0.1) is 11.3 Å². The molecular formula is C28H33ClO5S. The fraction of sp³-hybridized carbons (Fsp3) is 0.429. The topological polar surface area (TPSA) is 83.8 Å². The van der Waals surface area contributed by atoms with Crippen LogP contribution < -0.4 is 0 Å². The summed E-state index contributed by atoms with van der Waals surface area (Å²) in [5.41, 5.74) is 0. The number of thiophene rings is 1. The van der Waals surface area contributed by atoms with E-state index in [1.54, 1.807) is 23.5 Å². The van der Waals surface area contributed by atoms with Crippen molar-refractivity contribution in [2.75, 3.05) is 6.61 Å². The molecule has 5 nitrogen and oxygen atoms in total. The molecule has 0 bridgehead atoms. The number of ketones is 1. The number of esters is 1. The molecule has 1 aliphatic rings. The van der Waals surface area contributed by atoms with Crippen molar-refractivity contribution in [2.24, 2.45) is 11.8 Å². The maximum absolute atomic E-state index is 12.4. The van der Waals surface area contributed by atoms with Gasteiger partial charge < -0.3 is 14.9 Å². The Labute approximate surface area is 215 Å². The second-order valence-electron chi connectivity index (χ2n) is 8.82. The standard InChI is InChI=1S/C28H33ClO5S/c1-2-17-34-27(33)12-6-4-3-5-9-20-21(24(32)18-23(20)31)15-13-19(30)14-16-26-28(29)22-10-7-8-11-25(22)35-26/h2-3,5,7-8,10-11,13,15,19-21,24,30,32H,1,4,6,9,12,14,16-18H2/b5-3-,15-13+/t19-,20?,21?,24?/m1/s1. The summed E-state index contributed by atoms with van der Waals surface area (Å²) in [6.07, 6.45) is 11.1. The third-order valence-electron chi connectivity index (χ3n) is 6.23. The van der Waals surface area contributed by atoms with Crippen molar-refractivity contribution in [3.8, 4) is 0 Å². The van der Waals surface area contributed by atoms with E-state index in [0.29, 0.717) is 38.5 Å². The highest BCUT2D eigenvalue weighted by atomic mass is 35.5. The summed E-state index contributed by atoms with van der Waals surface area (Å²) in [5.74, 6) is -0.829. The van der Waals surface area contributed by atoms with Gasteiger partial charge in [0, 0.05) is 39.6 Å². The molecule has 2 aromatic rings. The van der Waals surface area contributed by atoms with Gasteiger partial charge in [0.15, 0.2) is 0 Å². The Morgan fingerprint density at radius 2 is 2.11 bits per heavy atom. The van der Waals surface area contributed by atoms with Gasteiger partial charge in [-0.05, 0) is 38.2 Å². The van der Waals surface area contributed by atoms with Gasteiger partial charge >= 0.3 is 5.97 Å². The zero-order valence-electron chi connectivity index (χ0n) is 19.8. The summed E-state index contributed by atoms with van der Waals surface area (Å²) in [6.45, 7) is 3.73. The van der Waals surface area contributed by atoms with Crippen LogP contribution in [0.2, 0.25) is 5.02 Å². The van der Waals surface area contributed by atoms with Crippen molar-refractivity contribution in [2.45, 2.75) is 57.2 Å². The van der Waals surface area contributed by atoms with Crippen LogP contribution in [0.25, 0.3) is 10.1 Å². The molecule has 2 N–H and O–H groups in total. The lowest BCUT2D eigenvalue weighted by Gasteiger charge is -2.16. The summed E-state index contributed by atoms with van der Waals surface area (Å²) in [4.78, 5) is 24.9. The molecule has 1 aliphatic carbocycles. The van der Waals surface area contributed by atoms with Crippen LogP contribution in [0.15, 0.2) is 61.2 Å². The molecule has 1 heterocycles. The lowest BCUT2D eigenvalue weighted by molar-refractivity contribution is -0.142. The maximum Gasteiger partial charge on any atom is 0.306 e. The van der Waals surface area contributed by atoms with Crippen LogP contribution in [0.3, 0.4) is 0 Å². The Kier molecular flexibility index (Phi) is 10.7. The van der Waals surface area contributed by atoms with Crippen molar-refractivity contribution >= 4 is 44.8 Å². The Morgan fingerprint density at radius 3 is 2.89 bits per heavy atom. The average molecular weight is 517 g/mol. The summed E-state index contributed by atoms with van der Waals surface area (Å²) in [7, 11) is 0. The van der Waals surface area contributed by atoms with Gasteiger partial charge in [-0.1, -0.05) is 66.8 Å². The van der Waals surface area contributed by atoms with Crippen LogP contribution >= 0.6 is 22.9 Å². The number of carbonyl (C=O) groups excluding carboxylic acids is 2. The fourth-order valence-electron chi connectivity index (χ4n) is 4.33. The second kappa shape index (κ2) is 13.7. The van der Waals surface area contributed by atoms with Crippen molar-refractivity contribution in [3.05, 3.63) is 71.1 Å². The third-order valence-corrected chi connectivity index (χ3v) is 8.00. The first-order valence-electron chi connectivity index (χ1n) is 12.0. The van der Waals surface area contributed by atoms with Crippen LogP contribution in [0.5, 0.6) is 0 Å². The number of benzene rings is 1. The van der Waals surface area contributed by atoms with Gasteiger partial charge in [0.25, 0.3) is 0 Å². The van der Waals surface area contributed by atoms with E-state index in [1.165, 1.54) is 6.08 Å². The van der Waals surface area contributed by atoms with Gasteiger partial charge in [-0.2, -0.15) is 0 Å². The minimum Gasteiger partial charge on any atom is -0.461 e. The van der Waals surface area contributed by atoms with E-state index < -0.39 is 12.2 Å². The molecule has 0 saturated heterocycles. The molecule has 0 radical (unpaired) electrons. The zero-order valence-corrected chi connectivity index (χ0v) is 21.3. The van der Waals surface area contributed by atoms with E-state index in [2.05, 4.69) is 6.58 Å². The lowest BCUT2D eigenvalue weighted by Crippen LogP contribution is -2.19. The smallest absolute Gasteiger partial charge is 0.306 e. The Bertz CT molecular complexity index is 1070. The molecule has 3 unspecified atom stereocenters. The highest BCUT2D eigenvalue weighted by Crippen LogP contribution is 2.36. The van der Waals surface area contributed by atoms with Gasteiger partial charge in [-0.25, -0.2) is 0 Å². The Balaban J connectivity index is 1.47. The number of aryl methyl sites for hydroxylation is 1. The normalized spacial score (nSPS) is 21.3. The number of halogens is 1. The summed E-state index contributed by atoms with van der Waals surface area (Å²) in [6, 6.07) is 7.98. The molecule has 3 rings (SSSR count). The summed E-state index contributed by atoms with van der Waals surface area (Å²) < 4.78 is 6.07. The maximum atomic E-state index is 12.4. The molecule has 1 fully saturated rings. The molecule has 1 aromatic heterocycles. The quantitative estimate of drug-likeness (QED) is 0.199. The average Bonchev–Trinajstić information content (AvgIpc) is 3.31. The lowest BCUT2D eigenvalue weighted by atomic mass is 9.90. The first-order chi connectivity index (χ1) is 16.9. The molecule has 0 spiro atoms. The van der Waals surface area contributed by atoms with E-state index in [-0.39, 0.29) is 36.6 Å². The van der Waals surface area contributed by atoms with Crippen molar-refractivity contribution in [1.82, 2.24) is 0 Å². The predicted octanol–water partition coefficient (Wildman–Crippen LogP) is 5.82. The predicted molar refractivity (Wildman–Crippen MR) is 142 cm³/mol. The molecule has 1 aromatic carbocycles. The second-order valence-corrected chi connectivity index (χ2v) is 10.3. The van der Waals surface area contributed by atoms with E-state index in [4.69, 9.17) is 16.3 Å². The molecule has 7 heteroatoms. The SMILES string of the molecule is C=CCOC(=O)CCC/C=C\CC1C(=O)CC(O)C1/C=C/[C@@H](O)CCc1sc2ccccc2c1Cl. The van der Waals surface area contributed by atoms with Gasteiger partial charge in [0.05, 0.1) is 17.2 Å². The molecule has 4 atom stereocenters. The molecular weight excluding hydrogens is 484 g/mol. The van der Waals surface area contributed by atoms with Crippen LogP contribution in [-0.4, -0.2) is 40.8 Å². The number of aliphatic hydroxyl groups excluding tert-OH is 2. The van der Waals surface area contributed by atoms with Crippen LogP contribution in [0, 0.1) is 11.8 Å². The fourth-order valence-corrected chi connectivity index (χ4v) is 5.88. The largest absolute Gasteiger partial charge is 0.461 e. The number of hydrogen-bond acceptors (Lipinski definition) is 6. The molecule has 0 amide bonds. The van der Waals surface area contributed by atoms with Crippen LogP contribution in [-0.2, 0) is 20.7 Å². The van der Waals surface area contributed by atoms with E-state index in [0.717, 1.165) is 20.0 Å². The first-order valence-corrected chi connectivity index (χ1v) is 13.2. The number of ether oxygens (including phenoxy) is 1. The van der Waals surface area contributed by atoms with Gasteiger partial charge in [0.1, 0.15) is 12.4 Å². The summed E-state index contributed by atoms with van der Waals surface area (Å²) in [5, 5.41) is 22.7. The number of carbonyl (C=O) groups is 2. The highest BCUT2D eigenvalue weighted by molar-refractivity contribution is 7.19. The van der Waals surface area contributed by atoms with Crippen LogP contribution in [0.1, 0.15) is 43.4 Å².